The third kappa shape index (κ3) is 3.14. The van der Waals surface area contributed by atoms with E-state index in [2.05, 4.69) is 15.4 Å². The lowest BCUT2D eigenvalue weighted by Gasteiger charge is -2.30. The lowest BCUT2D eigenvalue weighted by atomic mass is 9.85. The van der Waals surface area contributed by atoms with Crippen LogP contribution in [-0.2, 0) is 6.54 Å². The van der Waals surface area contributed by atoms with Gasteiger partial charge in [-0.25, -0.2) is 0 Å². The van der Waals surface area contributed by atoms with Crippen LogP contribution in [0.15, 0.2) is 24.3 Å². The number of benzene rings is 1. The normalized spacial score (nSPS) is 17.3. The summed E-state index contributed by atoms with van der Waals surface area (Å²) in [5, 5.41) is 22.9. The Labute approximate surface area is 128 Å². The Morgan fingerprint density at radius 1 is 1.23 bits per heavy atom. The fraction of sp³-hybridized carbons (Fsp3) is 0.467. The van der Waals surface area contributed by atoms with Gasteiger partial charge in [-0.15, -0.1) is 10.2 Å². The molecule has 0 spiro atoms. The number of hydrogen-bond donors (Lipinski definition) is 2. The summed E-state index contributed by atoms with van der Waals surface area (Å²) in [6.07, 6.45) is 4.79. The number of tetrazole rings is 1. The van der Waals surface area contributed by atoms with Crippen molar-refractivity contribution < 1.29 is 9.90 Å². The minimum absolute atomic E-state index is 0.360. The van der Waals surface area contributed by atoms with Crippen molar-refractivity contribution in [2.45, 2.75) is 44.2 Å². The van der Waals surface area contributed by atoms with E-state index >= 15 is 0 Å². The fourth-order valence-corrected chi connectivity index (χ4v) is 2.84. The summed E-state index contributed by atoms with van der Waals surface area (Å²) in [6.45, 7) is 0.360. The van der Waals surface area contributed by atoms with Crippen molar-refractivity contribution in [1.82, 2.24) is 20.2 Å². The molecule has 2 aromatic rings. The number of aliphatic hydroxyl groups is 1. The standard InChI is InChI=1S/C15H19N5O2/c16-13(21)11-4-6-12(7-5-11)14-17-19-20(18-14)10-15(22)8-2-1-3-9-15/h4-7,22H,1-3,8-10H2,(H2,16,21). The molecule has 1 amide bonds. The Morgan fingerprint density at radius 3 is 2.55 bits per heavy atom. The molecule has 1 aromatic heterocycles. The lowest BCUT2D eigenvalue weighted by molar-refractivity contribution is -0.0179. The first-order chi connectivity index (χ1) is 10.6. The molecule has 116 valence electrons. The van der Waals surface area contributed by atoms with Gasteiger partial charge >= 0.3 is 0 Å². The van der Waals surface area contributed by atoms with Crippen molar-refractivity contribution in [3.63, 3.8) is 0 Å². The predicted molar refractivity (Wildman–Crippen MR) is 79.8 cm³/mol. The van der Waals surface area contributed by atoms with Gasteiger partial charge in [-0.1, -0.05) is 31.4 Å². The van der Waals surface area contributed by atoms with Crippen LogP contribution < -0.4 is 5.73 Å². The highest BCUT2D eigenvalue weighted by atomic mass is 16.3. The van der Waals surface area contributed by atoms with Gasteiger partial charge in [-0.2, -0.15) is 4.80 Å². The SMILES string of the molecule is NC(=O)c1ccc(-c2nnn(CC3(O)CCCCC3)n2)cc1. The number of rotatable bonds is 4. The van der Waals surface area contributed by atoms with Crippen LogP contribution in [0.5, 0.6) is 0 Å². The summed E-state index contributed by atoms with van der Waals surface area (Å²) in [5.74, 6) is -0.00175. The number of nitrogens with zero attached hydrogens (tertiary/aromatic N) is 4. The van der Waals surface area contributed by atoms with E-state index < -0.39 is 11.5 Å². The van der Waals surface area contributed by atoms with E-state index in [4.69, 9.17) is 5.73 Å². The summed E-state index contributed by atoms with van der Waals surface area (Å²) in [6, 6.07) is 6.73. The quantitative estimate of drug-likeness (QED) is 0.880. The van der Waals surface area contributed by atoms with E-state index in [-0.39, 0.29) is 0 Å². The van der Waals surface area contributed by atoms with Crippen molar-refractivity contribution in [3.05, 3.63) is 29.8 Å². The molecule has 0 bridgehead atoms. The molecular formula is C15H19N5O2. The predicted octanol–water partition coefficient (Wildman–Crippen LogP) is 1.13. The van der Waals surface area contributed by atoms with Gasteiger partial charge in [0.05, 0.1) is 12.1 Å². The number of nitrogens with two attached hydrogens (primary N) is 1. The molecule has 1 aliphatic carbocycles. The van der Waals surface area contributed by atoms with Crippen LogP contribution in [0.4, 0.5) is 0 Å². The number of aromatic nitrogens is 4. The molecule has 1 heterocycles. The molecule has 3 N–H and O–H groups in total. The monoisotopic (exact) mass is 301 g/mol. The molecule has 1 saturated carbocycles. The lowest BCUT2D eigenvalue weighted by Crippen LogP contribution is -2.37. The minimum Gasteiger partial charge on any atom is -0.388 e. The second-order valence-corrected chi connectivity index (χ2v) is 5.87. The largest absolute Gasteiger partial charge is 0.388 e. The Balaban J connectivity index is 1.74. The number of carbonyl (C=O) groups excluding carboxylic acids is 1. The fourth-order valence-electron chi connectivity index (χ4n) is 2.84. The van der Waals surface area contributed by atoms with Crippen LogP contribution in [0.3, 0.4) is 0 Å². The van der Waals surface area contributed by atoms with Gasteiger partial charge in [0.25, 0.3) is 0 Å². The van der Waals surface area contributed by atoms with Gasteiger partial charge in [0.2, 0.25) is 11.7 Å². The molecule has 0 saturated heterocycles. The molecule has 7 heteroatoms. The molecule has 1 aromatic carbocycles. The highest BCUT2D eigenvalue weighted by molar-refractivity contribution is 5.93. The zero-order valence-electron chi connectivity index (χ0n) is 12.3. The maximum Gasteiger partial charge on any atom is 0.248 e. The first kappa shape index (κ1) is 14.6. The summed E-state index contributed by atoms with van der Waals surface area (Å²) in [5.41, 5.74) is 5.67. The third-order valence-electron chi connectivity index (χ3n) is 4.10. The number of hydrogen-bond acceptors (Lipinski definition) is 5. The van der Waals surface area contributed by atoms with E-state index in [1.54, 1.807) is 24.3 Å². The first-order valence-electron chi connectivity index (χ1n) is 7.46. The molecule has 0 aliphatic heterocycles. The van der Waals surface area contributed by atoms with Gasteiger partial charge < -0.3 is 10.8 Å². The molecule has 1 aliphatic rings. The van der Waals surface area contributed by atoms with Gasteiger partial charge in [0.1, 0.15) is 0 Å². The Morgan fingerprint density at radius 2 is 1.91 bits per heavy atom. The third-order valence-corrected chi connectivity index (χ3v) is 4.10. The summed E-state index contributed by atoms with van der Waals surface area (Å²) < 4.78 is 0. The van der Waals surface area contributed by atoms with Crippen molar-refractivity contribution in [2.75, 3.05) is 0 Å². The summed E-state index contributed by atoms with van der Waals surface area (Å²) in [4.78, 5) is 12.5. The second-order valence-electron chi connectivity index (χ2n) is 5.87. The second kappa shape index (κ2) is 5.84. The van der Waals surface area contributed by atoms with Crippen LogP contribution in [-0.4, -0.2) is 36.8 Å². The van der Waals surface area contributed by atoms with Gasteiger partial charge in [0, 0.05) is 11.1 Å². The van der Waals surface area contributed by atoms with Crippen molar-refractivity contribution in [1.29, 1.82) is 0 Å². The zero-order valence-corrected chi connectivity index (χ0v) is 12.3. The first-order valence-corrected chi connectivity index (χ1v) is 7.46. The molecule has 0 radical (unpaired) electrons. The molecule has 22 heavy (non-hydrogen) atoms. The average Bonchev–Trinajstić information content (AvgIpc) is 2.96. The molecule has 3 rings (SSSR count). The van der Waals surface area contributed by atoms with E-state index in [1.807, 2.05) is 0 Å². The van der Waals surface area contributed by atoms with Gasteiger partial charge in [-0.05, 0) is 30.2 Å². The highest BCUT2D eigenvalue weighted by Gasteiger charge is 2.30. The minimum atomic E-state index is -0.730. The Hall–Kier alpha value is -2.28. The topological polar surface area (TPSA) is 107 Å². The maximum atomic E-state index is 11.1. The molecule has 0 unspecified atom stereocenters. The van der Waals surface area contributed by atoms with E-state index in [0.717, 1.165) is 31.2 Å². The Bertz CT molecular complexity index is 659. The summed E-state index contributed by atoms with van der Waals surface area (Å²) in [7, 11) is 0. The molecule has 1 fully saturated rings. The highest BCUT2D eigenvalue weighted by Crippen LogP contribution is 2.29. The number of carbonyl (C=O) groups is 1. The van der Waals surface area contributed by atoms with Crippen LogP contribution in [0.2, 0.25) is 0 Å². The summed E-state index contributed by atoms with van der Waals surface area (Å²) >= 11 is 0. The van der Waals surface area contributed by atoms with Crippen LogP contribution in [0.25, 0.3) is 11.4 Å². The van der Waals surface area contributed by atoms with E-state index in [0.29, 0.717) is 17.9 Å². The average molecular weight is 301 g/mol. The van der Waals surface area contributed by atoms with Crippen molar-refractivity contribution in [2.24, 2.45) is 5.73 Å². The van der Waals surface area contributed by atoms with Crippen LogP contribution in [0.1, 0.15) is 42.5 Å². The molecular weight excluding hydrogens is 282 g/mol. The number of primary amides is 1. The number of amides is 1. The molecule has 7 nitrogen and oxygen atoms in total. The van der Waals surface area contributed by atoms with E-state index in [1.165, 1.54) is 11.2 Å². The molecule has 0 atom stereocenters. The zero-order chi connectivity index (χ0) is 15.6. The van der Waals surface area contributed by atoms with Gasteiger partial charge in [0.15, 0.2) is 0 Å². The maximum absolute atomic E-state index is 11.1. The van der Waals surface area contributed by atoms with Crippen LogP contribution >= 0.6 is 0 Å². The van der Waals surface area contributed by atoms with Crippen LogP contribution in [0, 0.1) is 0 Å². The van der Waals surface area contributed by atoms with E-state index in [9.17, 15) is 9.90 Å². The van der Waals surface area contributed by atoms with Crippen molar-refractivity contribution in [3.8, 4) is 11.4 Å². The van der Waals surface area contributed by atoms with Crippen molar-refractivity contribution >= 4 is 5.91 Å². The Kier molecular flexibility index (Phi) is 3.89. The smallest absolute Gasteiger partial charge is 0.248 e. The van der Waals surface area contributed by atoms with Gasteiger partial charge in [-0.3, -0.25) is 4.79 Å².